The van der Waals surface area contributed by atoms with E-state index in [9.17, 15) is 0 Å². The van der Waals surface area contributed by atoms with Crippen LogP contribution in [0.25, 0.3) is 0 Å². The summed E-state index contributed by atoms with van der Waals surface area (Å²) in [6.45, 7) is 0.377. The molecule has 1 aromatic rings. The zero-order valence-electron chi connectivity index (χ0n) is 8.05. The standard InChI is InChI=1S/C9H12Cl2N2O/c1-13(5-12)8-3-7(11)9(14-2)4-6(8)10/h3-4H,5,12H2,1-2H3. The van der Waals surface area contributed by atoms with E-state index >= 15 is 0 Å². The maximum Gasteiger partial charge on any atom is 0.139 e. The molecule has 0 saturated heterocycles. The third-order valence-corrected chi connectivity index (χ3v) is 2.50. The molecule has 0 aliphatic heterocycles. The second-order valence-electron chi connectivity index (χ2n) is 2.82. The van der Waals surface area contributed by atoms with Gasteiger partial charge in [0.1, 0.15) is 5.75 Å². The molecule has 1 rings (SSSR count). The Balaban J connectivity index is 3.14. The van der Waals surface area contributed by atoms with Crippen LogP contribution in [-0.2, 0) is 0 Å². The van der Waals surface area contributed by atoms with Crippen LogP contribution in [0.4, 0.5) is 5.69 Å². The van der Waals surface area contributed by atoms with Crippen LogP contribution in [0.5, 0.6) is 5.75 Å². The predicted octanol–water partition coefficient (Wildman–Crippen LogP) is 2.35. The minimum atomic E-state index is 0.377. The summed E-state index contributed by atoms with van der Waals surface area (Å²) in [6, 6.07) is 3.40. The van der Waals surface area contributed by atoms with Crippen LogP contribution in [0.15, 0.2) is 12.1 Å². The van der Waals surface area contributed by atoms with E-state index in [0.29, 0.717) is 22.5 Å². The molecule has 78 valence electrons. The van der Waals surface area contributed by atoms with Crippen molar-refractivity contribution in [3.63, 3.8) is 0 Å². The van der Waals surface area contributed by atoms with Crippen molar-refractivity contribution in [2.75, 3.05) is 25.7 Å². The average molecular weight is 235 g/mol. The van der Waals surface area contributed by atoms with Crippen LogP contribution in [0.3, 0.4) is 0 Å². The molecule has 2 N–H and O–H groups in total. The highest BCUT2D eigenvalue weighted by atomic mass is 35.5. The third kappa shape index (κ3) is 2.23. The van der Waals surface area contributed by atoms with Crippen molar-refractivity contribution < 1.29 is 4.74 Å². The van der Waals surface area contributed by atoms with Gasteiger partial charge in [-0.05, 0) is 6.07 Å². The summed E-state index contributed by atoms with van der Waals surface area (Å²) in [4.78, 5) is 1.80. The van der Waals surface area contributed by atoms with Crippen molar-refractivity contribution in [1.29, 1.82) is 0 Å². The molecule has 1 aromatic carbocycles. The number of hydrogen-bond donors (Lipinski definition) is 1. The third-order valence-electron chi connectivity index (χ3n) is 1.91. The Morgan fingerprint density at radius 1 is 1.36 bits per heavy atom. The van der Waals surface area contributed by atoms with Crippen molar-refractivity contribution >= 4 is 28.9 Å². The normalized spacial score (nSPS) is 10.1. The molecule has 0 aliphatic carbocycles. The monoisotopic (exact) mass is 234 g/mol. The number of anilines is 1. The average Bonchev–Trinajstić information content (AvgIpc) is 2.19. The number of benzene rings is 1. The van der Waals surface area contributed by atoms with Gasteiger partial charge in [-0.3, -0.25) is 0 Å². The van der Waals surface area contributed by atoms with Gasteiger partial charge in [-0.1, -0.05) is 23.2 Å². The SMILES string of the molecule is COc1cc(Cl)c(N(C)CN)cc1Cl. The van der Waals surface area contributed by atoms with Gasteiger partial charge in [0.2, 0.25) is 0 Å². The van der Waals surface area contributed by atoms with Crippen molar-refractivity contribution in [1.82, 2.24) is 0 Å². The smallest absolute Gasteiger partial charge is 0.139 e. The van der Waals surface area contributed by atoms with Gasteiger partial charge in [0.15, 0.2) is 0 Å². The van der Waals surface area contributed by atoms with E-state index in [1.807, 2.05) is 7.05 Å². The van der Waals surface area contributed by atoms with E-state index in [-0.39, 0.29) is 0 Å². The van der Waals surface area contributed by atoms with Crippen LogP contribution >= 0.6 is 23.2 Å². The van der Waals surface area contributed by atoms with Crippen LogP contribution in [-0.4, -0.2) is 20.8 Å². The zero-order chi connectivity index (χ0) is 10.7. The first kappa shape index (κ1) is 11.4. The molecular formula is C9H12Cl2N2O. The van der Waals surface area contributed by atoms with Crippen molar-refractivity contribution in [3.8, 4) is 5.75 Å². The Labute approximate surface area is 93.3 Å². The molecule has 0 saturated carbocycles. The molecule has 0 unspecified atom stereocenters. The number of ether oxygens (including phenoxy) is 1. The van der Waals surface area contributed by atoms with E-state index in [4.69, 9.17) is 33.7 Å². The molecule has 0 heterocycles. The van der Waals surface area contributed by atoms with Crippen LogP contribution < -0.4 is 15.4 Å². The van der Waals surface area contributed by atoms with Crippen molar-refractivity contribution in [2.24, 2.45) is 5.73 Å². The molecule has 0 aliphatic rings. The summed E-state index contributed by atoms with van der Waals surface area (Å²) < 4.78 is 5.03. The summed E-state index contributed by atoms with van der Waals surface area (Å²) in [7, 11) is 3.38. The molecule has 0 radical (unpaired) electrons. The number of rotatable bonds is 3. The molecular weight excluding hydrogens is 223 g/mol. The quantitative estimate of drug-likeness (QED) is 0.817. The zero-order valence-corrected chi connectivity index (χ0v) is 9.56. The van der Waals surface area contributed by atoms with Crippen LogP contribution in [0.2, 0.25) is 10.0 Å². The second kappa shape index (κ2) is 4.73. The molecule has 5 heteroatoms. The number of halogens is 2. The summed E-state index contributed by atoms with van der Waals surface area (Å²) in [6.07, 6.45) is 0. The number of hydrogen-bond acceptors (Lipinski definition) is 3. The predicted molar refractivity (Wildman–Crippen MR) is 60.5 cm³/mol. The van der Waals surface area contributed by atoms with Crippen LogP contribution in [0.1, 0.15) is 0 Å². The molecule has 0 spiro atoms. The lowest BCUT2D eigenvalue weighted by atomic mass is 10.3. The van der Waals surface area contributed by atoms with Crippen molar-refractivity contribution in [3.05, 3.63) is 22.2 Å². The first-order valence-corrected chi connectivity index (χ1v) is 4.80. The molecule has 0 amide bonds. The molecule has 0 aromatic heterocycles. The fraction of sp³-hybridized carbons (Fsp3) is 0.333. The Hall–Kier alpha value is -0.640. The highest BCUT2D eigenvalue weighted by molar-refractivity contribution is 6.36. The van der Waals surface area contributed by atoms with Gasteiger partial charge in [-0.15, -0.1) is 0 Å². The first-order chi connectivity index (χ1) is 6.60. The van der Waals surface area contributed by atoms with E-state index in [0.717, 1.165) is 5.69 Å². The lowest BCUT2D eigenvalue weighted by molar-refractivity contribution is 0.415. The van der Waals surface area contributed by atoms with Crippen molar-refractivity contribution in [2.45, 2.75) is 0 Å². The van der Waals surface area contributed by atoms with Gasteiger partial charge in [0, 0.05) is 13.1 Å². The summed E-state index contributed by atoms with van der Waals surface area (Å²) in [5.41, 5.74) is 6.28. The molecule has 3 nitrogen and oxygen atoms in total. The maximum atomic E-state index is 6.02. The van der Waals surface area contributed by atoms with Crippen LogP contribution in [0, 0.1) is 0 Å². The number of methoxy groups -OCH3 is 1. The molecule has 14 heavy (non-hydrogen) atoms. The lowest BCUT2D eigenvalue weighted by Crippen LogP contribution is -2.25. The number of nitrogens with two attached hydrogens (primary N) is 1. The fourth-order valence-corrected chi connectivity index (χ4v) is 1.60. The summed E-state index contributed by atoms with van der Waals surface area (Å²) in [5.74, 6) is 0.561. The minimum Gasteiger partial charge on any atom is -0.495 e. The lowest BCUT2D eigenvalue weighted by Gasteiger charge is -2.19. The minimum absolute atomic E-state index is 0.377. The first-order valence-electron chi connectivity index (χ1n) is 4.04. The van der Waals surface area contributed by atoms with Gasteiger partial charge in [0.05, 0.1) is 29.5 Å². The maximum absolute atomic E-state index is 6.02. The van der Waals surface area contributed by atoms with E-state index in [1.165, 1.54) is 0 Å². The second-order valence-corrected chi connectivity index (χ2v) is 3.63. The van der Waals surface area contributed by atoms with Gasteiger partial charge in [-0.2, -0.15) is 0 Å². The van der Waals surface area contributed by atoms with E-state index < -0.39 is 0 Å². The van der Waals surface area contributed by atoms with Gasteiger partial charge in [-0.25, -0.2) is 0 Å². The van der Waals surface area contributed by atoms with Gasteiger partial charge >= 0.3 is 0 Å². The fourth-order valence-electron chi connectivity index (χ4n) is 1.07. The highest BCUT2D eigenvalue weighted by Crippen LogP contribution is 2.35. The Morgan fingerprint density at radius 3 is 2.50 bits per heavy atom. The summed E-state index contributed by atoms with van der Waals surface area (Å²) in [5, 5.41) is 1.09. The Bertz CT molecular complexity index is 331. The Morgan fingerprint density at radius 2 is 2.00 bits per heavy atom. The molecule has 0 fully saturated rings. The topological polar surface area (TPSA) is 38.5 Å². The van der Waals surface area contributed by atoms with E-state index in [2.05, 4.69) is 0 Å². The Kier molecular flexibility index (Phi) is 3.86. The highest BCUT2D eigenvalue weighted by Gasteiger charge is 2.09. The molecule has 0 bridgehead atoms. The largest absolute Gasteiger partial charge is 0.495 e. The van der Waals surface area contributed by atoms with Gasteiger partial charge in [0.25, 0.3) is 0 Å². The van der Waals surface area contributed by atoms with E-state index in [1.54, 1.807) is 24.1 Å². The van der Waals surface area contributed by atoms with Gasteiger partial charge < -0.3 is 15.4 Å². The number of nitrogens with zero attached hydrogens (tertiary/aromatic N) is 1. The summed E-state index contributed by atoms with van der Waals surface area (Å²) >= 11 is 12.0. The molecule has 0 atom stereocenters.